The molecule has 1 aliphatic rings. The lowest BCUT2D eigenvalue weighted by molar-refractivity contribution is -0.144. The normalized spacial score (nSPS) is 14.6. The van der Waals surface area contributed by atoms with Crippen molar-refractivity contribution in [1.82, 2.24) is 9.88 Å². The molecule has 0 amide bonds. The Hall–Kier alpha value is -1.94. The van der Waals surface area contributed by atoms with Crippen molar-refractivity contribution in [2.45, 2.75) is 32.4 Å². The van der Waals surface area contributed by atoms with Crippen LogP contribution in [0.15, 0.2) is 36.5 Å². The first kappa shape index (κ1) is 14.0. The molecule has 0 saturated heterocycles. The largest absolute Gasteiger partial charge is 0.465 e. The molecule has 3 rings (SSSR count). The number of pyridine rings is 1. The van der Waals surface area contributed by atoms with E-state index in [9.17, 15) is 4.79 Å². The van der Waals surface area contributed by atoms with Crippen LogP contribution in [0.4, 0.5) is 0 Å². The average Bonchev–Trinajstić information content (AvgIpc) is 3.31. The van der Waals surface area contributed by atoms with E-state index < -0.39 is 0 Å². The van der Waals surface area contributed by atoms with Crippen LogP contribution < -0.4 is 0 Å². The number of hydrogen-bond donors (Lipinski definition) is 0. The summed E-state index contributed by atoms with van der Waals surface area (Å²) in [6.07, 6.45) is 4.16. The second kappa shape index (κ2) is 6.22. The van der Waals surface area contributed by atoms with E-state index in [1.165, 1.54) is 18.4 Å². The van der Waals surface area contributed by atoms with Crippen molar-refractivity contribution in [3.05, 3.63) is 42.1 Å². The van der Waals surface area contributed by atoms with Gasteiger partial charge in [-0.15, -0.1) is 0 Å². The Balaban J connectivity index is 1.73. The molecule has 4 nitrogen and oxygen atoms in total. The maximum absolute atomic E-state index is 11.7. The third-order valence-corrected chi connectivity index (χ3v) is 3.75. The van der Waals surface area contributed by atoms with Gasteiger partial charge in [0.05, 0.1) is 18.7 Å². The van der Waals surface area contributed by atoms with Crippen molar-refractivity contribution in [3.63, 3.8) is 0 Å². The lowest BCUT2D eigenvalue weighted by Gasteiger charge is -2.21. The number of aromatic nitrogens is 1. The molecule has 0 N–H and O–H groups in total. The van der Waals surface area contributed by atoms with E-state index in [0.717, 1.165) is 17.4 Å². The number of carbonyl (C=O) groups is 1. The van der Waals surface area contributed by atoms with Gasteiger partial charge in [0.2, 0.25) is 0 Å². The summed E-state index contributed by atoms with van der Waals surface area (Å²) in [6.45, 7) is 3.45. The van der Waals surface area contributed by atoms with Gasteiger partial charge >= 0.3 is 5.97 Å². The van der Waals surface area contributed by atoms with Crippen LogP contribution in [0.25, 0.3) is 10.9 Å². The van der Waals surface area contributed by atoms with E-state index in [-0.39, 0.29) is 5.97 Å². The van der Waals surface area contributed by atoms with E-state index >= 15 is 0 Å². The van der Waals surface area contributed by atoms with Crippen LogP contribution in [0.2, 0.25) is 0 Å². The predicted octanol–water partition coefficient (Wildman–Crippen LogP) is 2.76. The molecule has 1 heterocycles. The number of hydrogen-bond acceptors (Lipinski definition) is 4. The van der Waals surface area contributed by atoms with Crippen molar-refractivity contribution in [3.8, 4) is 0 Å². The Labute approximate surface area is 124 Å². The average molecular weight is 284 g/mol. The van der Waals surface area contributed by atoms with Gasteiger partial charge in [0.15, 0.2) is 0 Å². The maximum Gasteiger partial charge on any atom is 0.320 e. The zero-order valence-corrected chi connectivity index (χ0v) is 12.3. The summed E-state index contributed by atoms with van der Waals surface area (Å²) in [7, 11) is 0. The van der Waals surface area contributed by atoms with Crippen LogP contribution in [-0.4, -0.2) is 35.0 Å². The number of benzene rings is 1. The van der Waals surface area contributed by atoms with E-state index in [1.54, 1.807) is 6.20 Å². The highest BCUT2D eigenvalue weighted by molar-refractivity contribution is 5.79. The lowest BCUT2D eigenvalue weighted by Crippen LogP contribution is -2.32. The van der Waals surface area contributed by atoms with Gasteiger partial charge in [-0.25, -0.2) is 0 Å². The number of ether oxygens (including phenoxy) is 1. The molecule has 1 saturated carbocycles. The molecule has 0 unspecified atom stereocenters. The minimum absolute atomic E-state index is 0.133. The summed E-state index contributed by atoms with van der Waals surface area (Å²) in [5.74, 6) is -0.133. The van der Waals surface area contributed by atoms with Crippen molar-refractivity contribution >= 4 is 16.9 Å². The fourth-order valence-electron chi connectivity index (χ4n) is 2.58. The molecule has 2 aromatic rings. The van der Waals surface area contributed by atoms with E-state index in [1.807, 2.05) is 19.1 Å². The molecule has 0 bridgehead atoms. The Morgan fingerprint density at radius 3 is 3.00 bits per heavy atom. The number of carbonyl (C=O) groups excluding carboxylic acids is 1. The van der Waals surface area contributed by atoms with Gasteiger partial charge in [-0.3, -0.25) is 14.7 Å². The molecule has 1 aliphatic carbocycles. The Bertz CT molecular complexity index is 637. The minimum atomic E-state index is -0.133. The van der Waals surface area contributed by atoms with Crippen molar-refractivity contribution in [2.24, 2.45) is 0 Å². The standard InChI is InChI=1S/C17H20N2O2/c1-2-21-17(20)12-19(15-6-7-15)11-13-5-8-16-14(10-13)4-3-9-18-16/h3-5,8-10,15H,2,6-7,11-12H2,1H3. The van der Waals surface area contributed by atoms with Gasteiger partial charge in [-0.05, 0) is 43.5 Å². The summed E-state index contributed by atoms with van der Waals surface area (Å²) in [5, 5.41) is 1.14. The molecular formula is C17H20N2O2. The molecule has 1 aromatic carbocycles. The van der Waals surface area contributed by atoms with Gasteiger partial charge in [-0.1, -0.05) is 12.1 Å². The summed E-state index contributed by atoms with van der Waals surface area (Å²) in [5.41, 5.74) is 2.22. The maximum atomic E-state index is 11.7. The first-order chi connectivity index (χ1) is 10.3. The highest BCUT2D eigenvalue weighted by Gasteiger charge is 2.30. The first-order valence-corrected chi connectivity index (χ1v) is 7.49. The smallest absolute Gasteiger partial charge is 0.320 e. The third-order valence-electron chi connectivity index (χ3n) is 3.75. The molecule has 1 aromatic heterocycles. The Morgan fingerprint density at radius 2 is 2.24 bits per heavy atom. The zero-order valence-electron chi connectivity index (χ0n) is 12.3. The van der Waals surface area contributed by atoms with Gasteiger partial charge < -0.3 is 4.74 Å². The topological polar surface area (TPSA) is 42.4 Å². The highest BCUT2D eigenvalue weighted by Crippen LogP contribution is 2.28. The van der Waals surface area contributed by atoms with E-state index in [4.69, 9.17) is 4.74 Å². The quantitative estimate of drug-likeness (QED) is 0.765. The molecule has 1 fully saturated rings. The molecule has 0 aliphatic heterocycles. The van der Waals surface area contributed by atoms with Crippen LogP contribution in [0.1, 0.15) is 25.3 Å². The molecule has 21 heavy (non-hydrogen) atoms. The summed E-state index contributed by atoms with van der Waals surface area (Å²) in [6, 6.07) is 10.8. The van der Waals surface area contributed by atoms with Gasteiger partial charge in [0.25, 0.3) is 0 Å². The van der Waals surface area contributed by atoms with Gasteiger partial charge in [0, 0.05) is 24.2 Å². The molecular weight excluding hydrogens is 264 g/mol. The van der Waals surface area contributed by atoms with Crippen LogP contribution in [0.5, 0.6) is 0 Å². The Morgan fingerprint density at radius 1 is 1.38 bits per heavy atom. The van der Waals surface area contributed by atoms with Crippen LogP contribution >= 0.6 is 0 Å². The number of esters is 1. The summed E-state index contributed by atoms with van der Waals surface area (Å²) >= 11 is 0. The van der Waals surface area contributed by atoms with Gasteiger partial charge in [0.1, 0.15) is 0 Å². The Kier molecular flexibility index (Phi) is 4.15. The molecule has 0 spiro atoms. The van der Waals surface area contributed by atoms with Crippen molar-refractivity contribution in [2.75, 3.05) is 13.2 Å². The van der Waals surface area contributed by atoms with E-state index in [0.29, 0.717) is 19.2 Å². The number of nitrogens with zero attached hydrogens (tertiary/aromatic N) is 2. The van der Waals surface area contributed by atoms with Crippen LogP contribution in [0, 0.1) is 0 Å². The van der Waals surface area contributed by atoms with Crippen molar-refractivity contribution in [1.29, 1.82) is 0 Å². The zero-order chi connectivity index (χ0) is 14.7. The summed E-state index contributed by atoms with van der Waals surface area (Å²) in [4.78, 5) is 18.3. The lowest BCUT2D eigenvalue weighted by atomic mass is 10.1. The molecule has 4 heteroatoms. The molecule has 0 atom stereocenters. The minimum Gasteiger partial charge on any atom is -0.465 e. The summed E-state index contributed by atoms with van der Waals surface area (Å²) < 4.78 is 5.07. The number of fused-ring (bicyclic) bond motifs is 1. The fourth-order valence-corrected chi connectivity index (χ4v) is 2.58. The monoisotopic (exact) mass is 284 g/mol. The number of rotatable bonds is 6. The molecule has 0 radical (unpaired) electrons. The fraction of sp³-hybridized carbons (Fsp3) is 0.412. The van der Waals surface area contributed by atoms with Crippen LogP contribution in [-0.2, 0) is 16.1 Å². The third kappa shape index (κ3) is 3.58. The van der Waals surface area contributed by atoms with E-state index in [2.05, 4.69) is 28.1 Å². The SMILES string of the molecule is CCOC(=O)CN(Cc1ccc2ncccc2c1)C1CC1. The van der Waals surface area contributed by atoms with Crippen molar-refractivity contribution < 1.29 is 9.53 Å². The van der Waals surface area contributed by atoms with Crippen LogP contribution in [0.3, 0.4) is 0 Å². The second-order valence-electron chi connectivity index (χ2n) is 5.47. The predicted molar refractivity (Wildman–Crippen MR) is 81.8 cm³/mol. The first-order valence-electron chi connectivity index (χ1n) is 7.49. The van der Waals surface area contributed by atoms with Gasteiger partial charge in [-0.2, -0.15) is 0 Å². The second-order valence-corrected chi connectivity index (χ2v) is 5.47. The highest BCUT2D eigenvalue weighted by atomic mass is 16.5. The molecule has 110 valence electrons.